The number of anilines is 1. The van der Waals surface area contributed by atoms with Crippen molar-refractivity contribution >= 4 is 33.0 Å². The Morgan fingerprint density at radius 3 is 2.87 bits per heavy atom. The van der Waals surface area contributed by atoms with Gasteiger partial charge >= 0.3 is 0 Å². The molecule has 2 aliphatic rings. The monoisotopic (exact) mass is 285 g/mol. The van der Waals surface area contributed by atoms with Gasteiger partial charge in [-0.05, 0) is 45.6 Å². The molecule has 1 aromatic heterocycles. The van der Waals surface area contributed by atoms with Gasteiger partial charge in [-0.15, -0.1) is 11.3 Å². The summed E-state index contributed by atoms with van der Waals surface area (Å²) in [5, 5.41) is 2.37. The topological polar surface area (TPSA) is 3.24 Å². The molecule has 1 saturated carbocycles. The number of rotatable bonds is 1. The van der Waals surface area contributed by atoms with Crippen LogP contribution < -0.4 is 4.90 Å². The van der Waals surface area contributed by atoms with E-state index in [1.54, 1.807) is 5.56 Å². The Labute approximate surface area is 104 Å². The van der Waals surface area contributed by atoms with Crippen LogP contribution in [-0.4, -0.2) is 13.6 Å². The second-order valence-electron chi connectivity index (χ2n) is 4.84. The van der Waals surface area contributed by atoms with E-state index in [0.717, 1.165) is 11.8 Å². The SMILES string of the molecule is CN1CC(C2CCCC2)c2csc(Br)c21. The fourth-order valence-corrected chi connectivity index (χ4v) is 4.94. The van der Waals surface area contributed by atoms with Crippen LogP contribution in [0.3, 0.4) is 0 Å². The van der Waals surface area contributed by atoms with Gasteiger partial charge in [-0.2, -0.15) is 0 Å². The van der Waals surface area contributed by atoms with Crippen molar-refractivity contribution in [2.45, 2.75) is 31.6 Å². The van der Waals surface area contributed by atoms with Crippen molar-refractivity contribution in [2.75, 3.05) is 18.5 Å². The molecule has 0 bridgehead atoms. The maximum atomic E-state index is 3.67. The first-order valence-electron chi connectivity index (χ1n) is 5.75. The van der Waals surface area contributed by atoms with Gasteiger partial charge in [0, 0.05) is 19.5 Å². The lowest BCUT2D eigenvalue weighted by molar-refractivity contribution is 0.452. The molecular formula is C12H16BrNS. The minimum Gasteiger partial charge on any atom is -0.372 e. The molecule has 1 fully saturated rings. The Hall–Kier alpha value is -0.0200. The number of nitrogens with zero attached hydrogens (tertiary/aromatic N) is 1. The smallest absolute Gasteiger partial charge is 0.0934 e. The summed E-state index contributed by atoms with van der Waals surface area (Å²) >= 11 is 5.52. The summed E-state index contributed by atoms with van der Waals surface area (Å²) in [6.07, 6.45) is 5.80. The minimum absolute atomic E-state index is 0.815. The highest BCUT2D eigenvalue weighted by Crippen LogP contribution is 2.50. The quantitative estimate of drug-likeness (QED) is 0.746. The normalized spacial score (nSPS) is 26.3. The first kappa shape index (κ1) is 10.2. The average Bonchev–Trinajstić information content (AvgIpc) is 2.86. The standard InChI is InChI=1S/C12H16BrNS/c1-14-6-9(8-4-2-3-5-8)10-7-15-12(13)11(10)14/h7-9H,2-6H2,1H3. The molecule has 15 heavy (non-hydrogen) atoms. The van der Waals surface area contributed by atoms with Gasteiger partial charge in [0.1, 0.15) is 0 Å². The minimum atomic E-state index is 0.815. The molecule has 1 unspecified atom stereocenters. The van der Waals surface area contributed by atoms with E-state index in [9.17, 15) is 0 Å². The predicted molar refractivity (Wildman–Crippen MR) is 70.0 cm³/mol. The van der Waals surface area contributed by atoms with E-state index in [0.29, 0.717) is 0 Å². The highest BCUT2D eigenvalue weighted by Gasteiger charge is 2.35. The van der Waals surface area contributed by atoms with Crippen molar-refractivity contribution in [1.29, 1.82) is 0 Å². The summed E-state index contributed by atoms with van der Waals surface area (Å²) in [5.41, 5.74) is 3.08. The number of thiophene rings is 1. The summed E-state index contributed by atoms with van der Waals surface area (Å²) in [7, 11) is 2.23. The van der Waals surface area contributed by atoms with E-state index in [-0.39, 0.29) is 0 Å². The summed E-state index contributed by atoms with van der Waals surface area (Å²) in [6.45, 7) is 1.24. The Kier molecular flexibility index (Phi) is 2.56. The van der Waals surface area contributed by atoms with Crippen LogP contribution in [0.5, 0.6) is 0 Å². The number of halogens is 1. The largest absolute Gasteiger partial charge is 0.372 e. The first-order chi connectivity index (χ1) is 7.27. The summed E-state index contributed by atoms with van der Waals surface area (Å²) in [4.78, 5) is 2.43. The zero-order chi connectivity index (χ0) is 10.4. The van der Waals surface area contributed by atoms with Crippen LogP contribution in [0, 0.1) is 5.92 Å². The molecule has 2 heterocycles. The van der Waals surface area contributed by atoms with E-state index >= 15 is 0 Å². The van der Waals surface area contributed by atoms with Crippen LogP contribution in [0.1, 0.15) is 37.2 Å². The number of hydrogen-bond donors (Lipinski definition) is 0. The third-order valence-electron chi connectivity index (χ3n) is 3.97. The molecule has 82 valence electrons. The van der Waals surface area contributed by atoms with Gasteiger partial charge in [0.25, 0.3) is 0 Å². The van der Waals surface area contributed by atoms with Crippen LogP contribution in [0.15, 0.2) is 9.17 Å². The number of likely N-dealkylation sites (N-methyl/N-ethyl adjacent to an activating group) is 1. The van der Waals surface area contributed by atoms with Crippen molar-refractivity contribution in [2.24, 2.45) is 5.92 Å². The number of hydrogen-bond acceptors (Lipinski definition) is 2. The Bertz CT molecular complexity index is 368. The van der Waals surface area contributed by atoms with Crippen molar-refractivity contribution in [3.05, 3.63) is 14.7 Å². The van der Waals surface area contributed by atoms with Crippen molar-refractivity contribution < 1.29 is 0 Å². The van der Waals surface area contributed by atoms with Crippen molar-refractivity contribution in [1.82, 2.24) is 0 Å². The molecule has 0 N–H and O–H groups in total. The molecule has 0 radical (unpaired) electrons. The summed E-state index contributed by atoms with van der Waals surface area (Å²) < 4.78 is 1.32. The first-order valence-corrected chi connectivity index (χ1v) is 7.42. The van der Waals surface area contributed by atoms with Crippen LogP contribution in [0.2, 0.25) is 0 Å². The molecule has 0 saturated heterocycles. The molecule has 1 aliphatic heterocycles. The molecule has 1 aliphatic carbocycles. The number of fused-ring (bicyclic) bond motifs is 1. The molecular weight excluding hydrogens is 270 g/mol. The maximum Gasteiger partial charge on any atom is 0.0934 e. The Morgan fingerprint density at radius 2 is 2.13 bits per heavy atom. The molecule has 3 heteroatoms. The van der Waals surface area contributed by atoms with Gasteiger partial charge in [0.15, 0.2) is 0 Å². The lowest BCUT2D eigenvalue weighted by Crippen LogP contribution is -2.19. The van der Waals surface area contributed by atoms with Crippen LogP contribution in [0.25, 0.3) is 0 Å². The van der Waals surface area contributed by atoms with Crippen LogP contribution in [0.4, 0.5) is 5.69 Å². The fraction of sp³-hybridized carbons (Fsp3) is 0.667. The van der Waals surface area contributed by atoms with Gasteiger partial charge in [0.05, 0.1) is 9.47 Å². The third kappa shape index (κ3) is 1.55. The van der Waals surface area contributed by atoms with E-state index < -0.39 is 0 Å². The van der Waals surface area contributed by atoms with E-state index in [1.807, 2.05) is 11.3 Å². The van der Waals surface area contributed by atoms with Crippen LogP contribution in [-0.2, 0) is 0 Å². The highest BCUT2D eigenvalue weighted by molar-refractivity contribution is 9.11. The van der Waals surface area contributed by atoms with Crippen molar-refractivity contribution in [3.63, 3.8) is 0 Å². The maximum absolute atomic E-state index is 3.67. The van der Waals surface area contributed by atoms with Gasteiger partial charge in [-0.3, -0.25) is 0 Å². The van der Waals surface area contributed by atoms with E-state index in [4.69, 9.17) is 0 Å². The molecule has 0 amide bonds. The average molecular weight is 286 g/mol. The second-order valence-corrected chi connectivity index (χ2v) is 7.04. The highest BCUT2D eigenvalue weighted by atomic mass is 79.9. The van der Waals surface area contributed by atoms with Gasteiger partial charge in [0.2, 0.25) is 0 Å². The van der Waals surface area contributed by atoms with Gasteiger partial charge < -0.3 is 4.90 Å². The molecule has 1 atom stereocenters. The van der Waals surface area contributed by atoms with E-state index in [2.05, 4.69) is 33.3 Å². The zero-order valence-electron chi connectivity index (χ0n) is 9.00. The Balaban J connectivity index is 1.93. The van der Waals surface area contributed by atoms with Gasteiger partial charge in [-0.1, -0.05) is 12.8 Å². The molecule has 1 nitrogen and oxygen atoms in total. The lowest BCUT2D eigenvalue weighted by Gasteiger charge is -2.19. The summed E-state index contributed by atoms with van der Waals surface area (Å²) in [6, 6.07) is 0. The van der Waals surface area contributed by atoms with Crippen molar-refractivity contribution in [3.8, 4) is 0 Å². The van der Waals surface area contributed by atoms with E-state index in [1.165, 1.54) is 41.7 Å². The zero-order valence-corrected chi connectivity index (χ0v) is 11.4. The Morgan fingerprint density at radius 1 is 1.40 bits per heavy atom. The molecule has 0 spiro atoms. The third-order valence-corrected chi connectivity index (χ3v) is 5.68. The molecule has 0 aromatic carbocycles. The fourth-order valence-electron chi connectivity index (χ4n) is 3.22. The summed E-state index contributed by atoms with van der Waals surface area (Å²) in [5.74, 6) is 1.77. The predicted octanol–water partition coefficient (Wildman–Crippen LogP) is 4.23. The van der Waals surface area contributed by atoms with Gasteiger partial charge in [-0.25, -0.2) is 0 Å². The molecule has 1 aromatic rings. The second kappa shape index (κ2) is 3.77. The lowest BCUT2D eigenvalue weighted by atomic mass is 9.88. The van der Waals surface area contributed by atoms with Crippen LogP contribution >= 0.6 is 27.3 Å². The molecule has 3 rings (SSSR count).